The summed E-state index contributed by atoms with van der Waals surface area (Å²) in [5.41, 5.74) is 1.10. The smallest absolute Gasteiger partial charge is 0.274 e. The zero-order valence-corrected chi connectivity index (χ0v) is 12.2. The quantitative estimate of drug-likeness (QED) is 0.810. The van der Waals surface area contributed by atoms with E-state index >= 15 is 0 Å². The molecular formula is C14H16ClN3O2. The minimum atomic E-state index is -0.101. The third kappa shape index (κ3) is 2.17. The number of pyridine rings is 1. The van der Waals surface area contributed by atoms with Crippen LogP contribution in [-0.2, 0) is 4.74 Å². The number of hydrogen-bond donors (Lipinski definition) is 0. The summed E-state index contributed by atoms with van der Waals surface area (Å²) in [6, 6.07) is 5.58. The highest BCUT2D eigenvalue weighted by atomic mass is 35.5. The Bertz CT molecular complexity index is 655. The Morgan fingerprint density at radius 1 is 1.45 bits per heavy atom. The van der Waals surface area contributed by atoms with Crippen LogP contribution in [0.15, 0.2) is 24.4 Å². The van der Waals surface area contributed by atoms with Crippen LogP contribution in [0, 0.1) is 0 Å². The summed E-state index contributed by atoms with van der Waals surface area (Å²) in [4.78, 5) is 18.8. The number of carbonyl (C=O) groups is 1. The Labute approximate surface area is 122 Å². The van der Waals surface area contributed by atoms with Crippen LogP contribution in [0.4, 0.5) is 0 Å². The number of imidazole rings is 1. The number of aromatic nitrogens is 2. The molecule has 3 rings (SSSR count). The van der Waals surface area contributed by atoms with Gasteiger partial charge in [0.2, 0.25) is 0 Å². The van der Waals surface area contributed by atoms with Gasteiger partial charge in [-0.2, -0.15) is 0 Å². The second-order valence-corrected chi connectivity index (χ2v) is 5.49. The van der Waals surface area contributed by atoms with E-state index in [9.17, 15) is 4.79 Å². The summed E-state index contributed by atoms with van der Waals surface area (Å²) in [6.07, 6.45) is 1.84. The van der Waals surface area contributed by atoms with Gasteiger partial charge in [0.15, 0.2) is 10.8 Å². The molecule has 2 aromatic rings. The largest absolute Gasteiger partial charge is 0.375 e. The Morgan fingerprint density at radius 2 is 2.25 bits per heavy atom. The zero-order valence-electron chi connectivity index (χ0n) is 11.4. The number of nitrogens with zero attached hydrogens (tertiary/aromatic N) is 3. The molecule has 3 heterocycles. The van der Waals surface area contributed by atoms with Crippen LogP contribution in [0.25, 0.3) is 5.65 Å². The topological polar surface area (TPSA) is 46.8 Å². The van der Waals surface area contributed by atoms with Crippen molar-refractivity contribution in [2.45, 2.75) is 26.0 Å². The first-order valence-corrected chi connectivity index (χ1v) is 7.01. The maximum Gasteiger partial charge on any atom is 0.274 e. The lowest BCUT2D eigenvalue weighted by molar-refractivity contribution is -0.0389. The zero-order chi connectivity index (χ0) is 14.3. The molecule has 1 fully saturated rings. The third-order valence-electron chi connectivity index (χ3n) is 3.56. The molecule has 6 heteroatoms. The van der Waals surface area contributed by atoms with E-state index in [1.807, 2.05) is 32.0 Å². The molecular weight excluding hydrogens is 278 g/mol. The SMILES string of the molecule is CC1CN(C(=O)c2c(Cl)nc3ccccn23)C(C)CO1. The summed E-state index contributed by atoms with van der Waals surface area (Å²) in [7, 11) is 0. The summed E-state index contributed by atoms with van der Waals surface area (Å²) < 4.78 is 7.29. The number of fused-ring (bicyclic) bond motifs is 1. The van der Waals surface area contributed by atoms with Crippen molar-refractivity contribution in [3.8, 4) is 0 Å². The molecule has 106 valence electrons. The van der Waals surface area contributed by atoms with Gasteiger partial charge in [-0.05, 0) is 26.0 Å². The number of amides is 1. The lowest BCUT2D eigenvalue weighted by atomic mass is 10.2. The number of rotatable bonds is 1. The van der Waals surface area contributed by atoms with E-state index in [-0.39, 0.29) is 23.2 Å². The standard InChI is InChI=1S/C14H16ClN3O2/c1-9-8-20-10(2)7-18(9)14(19)12-13(15)16-11-5-3-4-6-17(11)12/h3-6,9-10H,7-8H2,1-2H3. The summed E-state index contributed by atoms with van der Waals surface area (Å²) in [5, 5.41) is 0.243. The van der Waals surface area contributed by atoms with E-state index in [0.717, 1.165) is 0 Å². The molecule has 0 saturated carbocycles. The van der Waals surface area contributed by atoms with Crippen LogP contribution in [0.3, 0.4) is 0 Å². The van der Waals surface area contributed by atoms with E-state index in [1.165, 1.54) is 0 Å². The first-order chi connectivity index (χ1) is 9.58. The molecule has 1 amide bonds. The lowest BCUT2D eigenvalue weighted by Gasteiger charge is -2.36. The molecule has 1 saturated heterocycles. The van der Waals surface area contributed by atoms with Crippen molar-refractivity contribution in [2.75, 3.05) is 13.2 Å². The molecule has 2 unspecified atom stereocenters. The van der Waals surface area contributed by atoms with Gasteiger partial charge in [-0.3, -0.25) is 9.20 Å². The van der Waals surface area contributed by atoms with E-state index in [1.54, 1.807) is 15.5 Å². The van der Waals surface area contributed by atoms with Gasteiger partial charge in [0.25, 0.3) is 5.91 Å². The molecule has 2 aromatic heterocycles. The van der Waals surface area contributed by atoms with Crippen LogP contribution in [-0.4, -0.2) is 45.5 Å². The van der Waals surface area contributed by atoms with Crippen molar-refractivity contribution in [3.05, 3.63) is 35.2 Å². The molecule has 0 radical (unpaired) electrons. The van der Waals surface area contributed by atoms with Gasteiger partial charge in [-0.25, -0.2) is 4.98 Å². The molecule has 0 aromatic carbocycles. The number of hydrogen-bond acceptors (Lipinski definition) is 3. The average Bonchev–Trinajstić information content (AvgIpc) is 2.76. The predicted octanol–water partition coefficient (Wildman–Crippen LogP) is 2.24. The van der Waals surface area contributed by atoms with Crippen molar-refractivity contribution >= 4 is 23.2 Å². The van der Waals surface area contributed by atoms with E-state index < -0.39 is 0 Å². The first kappa shape index (κ1) is 13.4. The molecule has 20 heavy (non-hydrogen) atoms. The van der Waals surface area contributed by atoms with Crippen LogP contribution in [0.1, 0.15) is 24.3 Å². The number of halogens is 1. The number of morpholine rings is 1. The van der Waals surface area contributed by atoms with Gasteiger partial charge in [0, 0.05) is 12.7 Å². The minimum Gasteiger partial charge on any atom is -0.375 e. The van der Waals surface area contributed by atoms with Crippen molar-refractivity contribution in [2.24, 2.45) is 0 Å². The normalized spacial score (nSPS) is 23.2. The highest BCUT2D eigenvalue weighted by molar-refractivity contribution is 6.32. The highest BCUT2D eigenvalue weighted by Crippen LogP contribution is 2.22. The molecule has 0 N–H and O–H groups in total. The average molecular weight is 294 g/mol. The molecule has 1 aliphatic rings. The highest BCUT2D eigenvalue weighted by Gasteiger charge is 2.31. The van der Waals surface area contributed by atoms with Gasteiger partial charge in [0.1, 0.15) is 5.65 Å². The Kier molecular flexibility index (Phi) is 3.40. The van der Waals surface area contributed by atoms with Gasteiger partial charge in [0.05, 0.1) is 18.8 Å². The van der Waals surface area contributed by atoms with Crippen molar-refractivity contribution in [1.29, 1.82) is 0 Å². The number of ether oxygens (including phenoxy) is 1. The van der Waals surface area contributed by atoms with E-state index in [4.69, 9.17) is 16.3 Å². The van der Waals surface area contributed by atoms with Gasteiger partial charge >= 0.3 is 0 Å². The summed E-state index contributed by atoms with van der Waals surface area (Å²) >= 11 is 6.16. The van der Waals surface area contributed by atoms with E-state index in [2.05, 4.69) is 4.98 Å². The fraction of sp³-hybridized carbons (Fsp3) is 0.429. The Balaban J connectivity index is 2.02. The van der Waals surface area contributed by atoms with E-state index in [0.29, 0.717) is 24.5 Å². The third-order valence-corrected chi connectivity index (χ3v) is 3.82. The second kappa shape index (κ2) is 5.07. The Hall–Kier alpha value is -1.59. The van der Waals surface area contributed by atoms with Crippen molar-refractivity contribution in [1.82, 2.24) is 14.3 Å². The molecule has 1 aliphatic heterocycles. The van der Waals surface area contributed by atoms with Crippen LogP contribution in [0.5, 0.6) is 0 Å². The van der Waals surface area contributed by atoms with Crippen LogP contribution in [0.2, 0.25) is 5.15 Å². The fourth-order valence-corrected chi connectivity index (χ4v) is 2.74. The summed E-state index contributed by atoms with van der Waals surface area (Å²) in [5.74, 6) is -0.101. The maximum absolute atomic E-state index is 12.8. The molecule has 2 atom stereocenters. The van der Waals surface area contributed by atoms with Gasteiger partial charge in [-0.1, -0.05) is 17.7 Å². The predicted molar refractivity (Wildman–Crippen MR) is 76.1 cm³/mol. The molecule has 0 bridgehead atoms. The minimum absolute atomic E-state index is 0.0315. The van der Waals surface area contributed by atoms with Crippen LogP contribution >= 0.6 is 11.6 Å². The second-order valence-electron chi connectivity index (χ2n) is 5.13. The molecule has 0 aliphatic carbocycles. The monoisotopic (exact) mass is 293 g/mol. The summed E-state index contributed by atoms with van der Waals surface area (Å²) in [6.45, 7) is 5.04. The Morgan fingerprint density at radius 3 is 3.05 bits per heavy atom. The fourth-order valence-electron chi connectivity index (χ4n) is 2.48. The van der Waals surface area contributed by atoms with Crippen molar-refractivity contribution < 1.29 is 9.53 Å². The first-order valence-electron chi connectivity index (χ1n) is 6.63. The molecule has 5 nitrogen and oxygen atoms in total. The van der Waals surface area contributed by atoms with Crippen molar-refractivity contribution in [3.63, 3.8) is 0 Å². The van der Waals surface area contributed by atoms with Gasteiger partial charge in [-0.15, -0.1) is 0 Å². The maximum atomic E-state index is 12.8. The van der Waals surface area contributed by atoms with Crippen LogP contribution < -0.4 is 0 Å². The molecule has 0 spiro atoms. The van der Waals surface area contributed by atoms with Gasteiger partial charge < -0.3 is 9.64 Å². The number of carbonyl (C=O) groups excluding carboxylic acids is 1. The lowest BCUT2D eigenvalue weighted by Crippen LogP contribution is -2.50.